The molecule has 22 heavy (non-hydrogen) atoms. The summed E-state index contributed by atoms with van der Waals surface area (Å²) in [6.45, 7) is 4.33. The minimum atomic E-state index is 0.960. The first-order chi connectivity index (χ1) is 10.7. The third-order valence-electron chi connectivity index (χ3n) is 4.04. The Bertz CT molecular complexity index is 549. The molecular weight excluding hydrogens is 268 g/mol. The van der Waals surface area contributed by atoms with Gasteiger partial charge in [-0.2, -0.15) is 0 Å². The minimum Gasteiger partial charge on any atom is -0.248 e. The van der Waals surface area contributed by atoms with Crippen molar-refractivity contribution < 1.29 is 0 Å². The number of benzene rings is 2. The third kappa shape index (κ3) is 4.69. The Kier molecular flexibility index (Phi) is 6.63. The topological polar surface area (TPSA) is 6.48 Å². The molecule has 0 spiro atoms. The van der Waals surface area contributed by atoms with Gasteiger partial charge < -0.3 is 0 Å². The predicted molar refractivity (Wildman–Crippen MR) is 95.5 cm³/mol. The fraction of sp³-hybridized carbons (Fsp3) is 0.400. The van der Waals surface area contributed by atoms with Gasteiger partial charge in [-0.3, -0.25) is 0 Å². The molecule has 0 aliphatic rings. The lowest BCUT2D eigenvalue weighted by molar-refractivity contribution is 0.0148. The maximum absolute atomic E-state index is 2.43. The summed E-state index contributed by atoms with van der Waals surface area (Å²) in [6.07, 6.45) is 3.81. The zero-order chi connectivity index (χ0) is 15.8. The molecule has 2 aromatic rings. The lowest BCUT2D eigenvalue weighted by atomic mass is 9.99. The van der Waals surface area contributed by atoms with Crippen molar-refractivity contribution in [3.05, 3.63) is 60.2 Å². The van der Waals surface area contributed by atoms with Crippen LogP contribution in [0.5, 0.6) is 0 Å². The Hall–Kier alpha value is -1.64. The quantitative estimate of drug-likeness (QED) is 0.509. The Morgan fingerprint density at radius 3 is 2.18 bits per heavy atom. The van der Waals surface area contributed by atoms with Crippen molar-refractivity contribution in [3.8, 4) is 11.1 Å². The highest BCUT2D eigenvalue weighted by molar-refractivity contribution is 5.67. The second kappa shape index (κ2) is 8.72. The summed E-state index contributed by atoms with van der Waals surface area (Å²) in [7, 11) is 4.27. The van der Waals surface area contributed by atoms with Crippen LogP contribution in [0.25, 0.3) is 11.1 Å². The SMILES string of the molecule is CCCCCN(Cc1ccccc1-c1ccccc1)N(C)C. The van der Waals surface area contributed by atoms with Crippen LogP contribution in [0, 0.1) is 0 Å². The van der Waals surface area contributed by atoms with Gasteiger partial charge in [-0.25, -0.2) is 10.0 Å². The van der Waals surface area contributed by atoms with Gasteiger partial charge in [-0.05, 0) is 23.1 Å². The number of nitrogens with zero attached hydrogens (tertiary/aromatic N) is 2. The van der Waals surface area contributed by atoms with Crippen molar-refractivity contribution in [2.45, 2.75) is 32.7 Å². The van der Waals surface area contributed by atoms with Gasteiger partial charge in [0.1, 0.15) is 0 Å². The van der Waals surface area contributed by atoms with E-state index in [1.165, 1.54) is 36.0 Å². The summed E-state index contributed by atoms with van der Waals surface area (Å²) in [6, 6.07) is 19.4. The van der Waals surface area contributed by atoms with E-state index in [2.05, 4.69) is 85.6 Å². The number of hydrogen-bond acceptors (Lipinski definition) is 2. The van der Waals surface area contributed by atoms with Crippen LogP contribution in [0.4, 0.5) is 0 Å². The summed E-state index contributed by atoms with van der Waals surface area (Å²) < 4.78 is 0. The molecule has 118 valence electrons. The molecule has 0 aliphatic heterocycles. The number of rotatable bonds is 8. The van der Waals surface area contributed by atoms with Gasteiger partial charge in [0.15, 0.2) is 0 Å². The smallest absolute Gasteiger partial charge is 0.0390 e. The molecule has 2 heteroatoms. The average Bonchev–Trinajstić information content (AvgIpc) is 2.55. The Labute approximate surface area is 135 Å². The Balaban J connectivity index is 2.17. The Morgan fingerprint density at radius 1 is 0.818 bits per heavy atom. The first kappa shape index (κ1) is 16.7. The molecule has 0 saturated heterocycles. The van der Waals surface area contributed by atoms with E-state index >= 15 is 0 Å². The largest absolute Gasteiger partial charge is 0.248 e. The van der Waals surface area contributed by atoms with Crippen LogP contribution in [0.2, 0.25) is 0 Å². The molecule has 2 nitrogen and oxygen atoms in total. The lowest BCUT2D eigenvalue weighted by Crippen LogP contribution is -2.37. The molecular formula is C20H28N2. The highest BCUT2D eigenvalue weighted by atomic mass is 15.6. The third-order valence-corrected chi connectivity index (χ3v) is 4.04. The van der Waals surface area contributed by atoms with Crippen LogP contribution in [0.15, 0.2) is 54.6 Å². The average molecular weight is 296 g/mol. The van der Waals surface area contributed by atoms with Crippen molar-refractivity contribution in [1.29, 1.82) is 0 Å². The number of hydrogen-bond donors (Lipinski definition) is 0. The van der Waals surface area contributed by atoms with E-state index in [4.69, 9.17) is 0 Å². The minimum absolute atomic E-state index is 0.960. The van der Waals surface area contributed by atoms with E-state index in [9.17, 15) is 0 Å². The molecule has 2 rings (SSSR count). The lowest BCUT2D eigenvalue weighted by Gasteiger charge is -2.29. The van der Waals surface area contributed by atoms with E-state index in [1.807, 2.05) is 0 Å². The molecule has 2 aromatic carbocycles. The molecule has 0 amide bonds. The first-order valence-electron chi connectivity index (χ1n) is 8.28. The van der Waals surface area contributed by atoms with E-state index in [0.29, 0.717) is 0 Å². The fourth-order valence-corrected chi connectivity index (χ4v) is 2.72. The van der Waals surface area contributed by atoms with Crippen LogP contribution < -0.4 is 0 Å². The van der Waals surface area contributed by atoms with Crippen molar-refractivity contribution in [3.63, 3.8) is 0 Å². The van der Waals surface area contributed by atoms with Gasteiger partial charge in [0.05, 0.1) is 0 Å². The van der Waals surface area contributed by atoms with Crippen LogP contribution >= 0.6 is 0 Å². The summed E-state index contributed by atoms with van der Waals surface area (Å²) in [4.78, 5) is 0. The molecule has 0 unspecified atom stereocenters. The van der Waals surface area contributed by atoms with Crippen molar-refractivity contribution in [2.75, 3.05) is 20.6 Å². The van der Waals surface area contributed by atoms with Crippen LogP contribution in [0.1, 0.15) is 31.7 Å². The maximum atomic E-state index is 2.43. The molecule has 0 fully saturated rings. The van der Waals surface area contributed by atoms with E-state index in [-0.39, 0.29) is 0 Å². The standard InChI is InChI=1S/C20H28N2/c1-4-5-11-16-22(21(2)3)17-19-14-9-10-15-20(19)18-12-7-6-8-13-18/h6-10,12-15H,4-5,11,16-17H2,1-3H3. The second-order valence-corrected chi connectivity index (χ2v) is 5.97. The molecule has 0 aliphatic carbocycles. The van der Waals surface area contributed by atoms with Crippen molar-refractivity contribution in [2.24, 2.45) is 0 Å². The molecule has 0 atom stereocenters. The monoisotopic (exact) mass is 296 g/mol. The van der Waals surface area contributed by atoms with Gasteiger partial charge in [0.2, 0.25) is 0 Å². The summed E-state index contributed by atoms with van der Waals surface area (Å²) in [5.41, 5.74) is 4.02. The summed E-state index contributed by atoms with van der Waals surface area (Å²) >= 11 is 0. The van der Waals surface area contributed by atoms with E-state index < -0.39 is 0 Å². The fourth-order valence-electron chi connectivity index (χ4n) is 2.72. The molecule has 0 aromatic heterocycles. The van der Waals surface area contributed by atoms with Crippen LogP contribution in [-0.2, 0) is 6.54 Å². The molecule has 0 saturated carbocycles. The van der Waals surface area contributed by atoms with Gasteiger partial charge in [0, 0.05) is 27.2 Å². The highest BCUT2D eigenvalue weighted by Crippen LogP contribution is 2.24. The predicted octanol–water partition coefficient (Wildman–Crippen LogP) is 4.82. The van der Waals surface area contributed by atoms with Gasteiger partial charge in [0.25, 0.3) is 0 Å². The van der Waals surface area contributed by atoms with E-state index in [1.54, 1.807) is 0 Å². The number of hydrazine groups is 1. The van der Waals surface area contributed by atoms with Gasteiger partial charge in [-0.15, -0.1) is 0 Å². The summed E-state index contributed by atoms with van der Waals surface area (Å²) in [5.74, 6) is 0. The zero-order valence-corrected chi connectivity index (χ0v) is 14.1. The number of unbranched alkanes of at least 4 members (excludes halogenated alkanes) is 2. The molecule has 0 N–H and O–H groups in total. The van der Waals surface area contributed by atoms with Gasteiger partial charge >= 0.3 is 0 Å². The maximum Gasteiger partial charge on any atom is 0.0390 e. The first-order valence-corrected chi connectivity index (χ1v) is 8.28. The summed E-state index contributed by atoms with van der Waals surface area (Å²) in [5, 5.41) is 4.65. The Morgan fingerprint density at radius 2 is 1.50 bits per heavy atom. The normalized spacial score (nSPS) is 11.3. The van der Waals surface area contributed by atoms with Crippen molar-refractivity contribution in [1.82, 2.24) is 10.0 Å². The molecule has 0 bridgehead atoms. The van der Waals surface area contributed by atoms with Crippen molar-refractivity contribution >= 4 is 0 Å². The molecule has 0 radical (unpaired) electrons. The van der Waals surface area contributed by atoms with E-state index in [0.717, 1.165) is 13.1 Å². The molecule has 0 heterocycles. The van der Waals surface area contributed by atoms with Crippen LogP contribution in [-0.4, -0.2) is 30.7 Å². The highest BCUT2D eigenvalue weighted by Gasteiger charge is 2.11. The van der Waals surface area contributed by atoms with Gasteiger partial charge in [-0.1, -0.05) is 74.4 Å². The van der Waals surface area contributed by atoms with Crippen LogP contribution in [0.3, 0.4) is 0 Å². The zero-order valence-electron chi connectivity index (χ0n) is 14.1. The second-order valence-electron chi connectivity index (χ2n) is 5.97.